The predicted molar refractivity (Wildman–Crippen MR) is 142 cm³/mol. The maximum Gasteiger partial charge on any atom is 0.264 e. The van der Waals surface area contributed by atoms with Gasteiger partial charge in [-0.25, -0.2) is 4.99 Å². The molecule has 168 valence electrons. The van der Waals surface area contributed by atoms with Gasteiger partial charge in [0.2, 0.25) is 0 Å². The van der Waals surface area contributed by atoms with Crippen molar-refractivity contribution in [2.24, 2.45) is 4.99 Å². The monoisotopic (exact) mass is 504 g/mol. The van der Waals surface area contributed by atoms with Gasteiger partial charge in [-0.15, -0.1) is 0 Å². The molecule has 1 amide bonds. The van der Waals surface area contributed by atoms with Gasteiger partial charge in [-0.1, -0.05) is 71.7 Å². The first-order valence-electron chi connectivity index (χ1n) is 10.5. The van der Waals surface area contributed by atoms with E-state index in [9.17, 15) is 4.79 Å². The maximum atomic E-state index is 12.7. The van der Waals surface area contributed by atoms with Gasteiger partial charge < -0.3 is 10.1 Å². The lowest BCUT2D eigenvalue weighted by Crippen LogP contribution is -2.19. The number of carbonyl (C=O) groups excluding carboxylic acids is 1. The Morgan fingerprint density at radius 1 is 0.912 bits per heavy atom. The number of rotatable bonds is 5. The number of amides is 1. The highest BCUT2D eigenvalue weighted by molar-refractivity contribution is 8.18. The molecule has 0 unspecified atom stereocenters. The van der Waals surface area contributed by atoms with Crippen LogP contribution < -0.4 is 10.1 Å². The quantitative estimate of drug-likeness (QED) is 0.284. The molecule has 0 aliphatic carbocycles. The fourth-order valence-electron chi connectivity index (χ4n) is 3.57. The van der Waals surface area contributed by atoms with Crippen LogP contribution in [-0.4, -0.2) is 11.1 Å². The van der Waals surface area contributed by atoms with Crippen LogP contribution in [0, 0.1) is 0 Å². The number of benzene rings is 4. The van der Waals surface area contributed by atoms with Gasteiger partial charge in [0.25, 0.3) is 5.91 Å². The van der Waals surface area contributed by atoms with Crippen molar-refractivity contribution in [2.75, 3.05) is 0 Å². The Balaban J connectivity index is 1.49. The molecule has 1 fully saturated rings. The Morgan fingerprint density at radius 3 is 2.50 bits per heavy atom. The maximum absolute atomic E-state index is 12.7. The smallest absolute Gasteiger partial charge is 0.264 e. The van der Waals surface area contributed by atoms with E-state index in [4.69, 9.17) is 27.9 Å². The number of ether oxygens (including phenoxy) is 1. The topological polar surface area (TPSA) is 50.7 Å². The number of amidine groups is 1. The Hall–Kier alpha value is -3.25. The van der Waals surface area contributed by atoms with Gasteiger partial charge in [-0.05, 0) is 65.0 Å². The highest BCUT2D eigenvalue weighted by Crippen LogP contribution is 2.35. The molecule has 0 spiro atoms. The molecule has 0 radical (unpaired) electrons. The summed E-state index contributed by atoms with van der Waals surface area (Å²) in [4.78, 5) is 17.8. The van der Waals surface area contributed by atoms with Gasteiger partial charge >= 0.3 is 0 Å². The van der Waals surface area contributed by atoms with E-state index in [1.54, 1.807) is 24.3 Å². The number of fused-ring (bicyclic) bond motifs is 1. The van der Waals surface area contributed by atoms with Crippen molar-refractivity contribution in [2.45, 2.75) is 6.61 Å². The molecule has 34 heavy (non-hydrogen) atoms. The summed E-state index contributed by atoms with van der Waals surface area (Å²) in [6, 6.07) is 26.6. The summed E-state index contributed by atoms with van der Waals surface area (Å²) in [5.74, 6) is 0.463. The molecule has 1 saturated heterocycles. The van der Waals surface area contributed by atoms with E-state index < -0.39 is 0 Å². The largest absolute Gasteiger partial charge is 0.488 e. The van der Waals surface area contributed by atoms with Gasteiger partial charge in [0.1, 0.15) is 12.4 Å². The van der Waals surface area contributed by atoms with Crippen molar-refractivity contribution < 1.29 is 9.53 Å². The van der Waals surface area contributed by atoms with Crippen molar-refractivity contribution in [3.63, 3.8) is 0 Å². The Kier molecular flexibility index (Phi) is 6.59. The molecule has 4 nitrogen and oxygen atoms in total. The van der Waals surface area contributed by atoms with E-state index in [1.165, 1.54) is 11.8 Å². The molecule has 4 aromatic carbocycles. The van der Waals surface area contributed by atoms with Gasteiger partial charge in [-0.3, -0.25) is 4.79 Å². The van der Waals surface area contributed by atoms with Crippen LogP contribution in [0.3, 0.4) is 0 Å². The molecule has 0 aromatic heterocycles. The van der Waals surface area contributed by atoms with Crippen LogP contribution in [0.4, 0.5) is 5.69 Å². The minimum absolute atomic E-state index is 0.206. The fraction of sp³-hybridized carbons (Fsp3) is 0.0370. The number of nitrogens with zero attached hydrogens (tertiary/aromatic N) is 1. The number of nitrogens with one attached hydrogen (secondary N) is 1. The fourth-order valence-corrected chi connectivity index (χ4v) is 4.71. The Labute approximate surface area is 211 Å². The molecular weight excluding hydrogens is 487 g/mol. The van der Waals surface area contributed by atoms with E-state index in [1.807, 2.05) is 66.7 Å². The molecule has 0 atom stereocenters. The number of aliphatic imine (C=N–C) groups is 1. The zero-order valence-electron chi connectivity index (χ0n) is 17.8. The number of hydrogen-bond acceptors (Lipinski definition) is 4. The van der Waals surface area contributed by atoms with E-state index in [0.717, 1.165) is 21.9 Å². The molecule has 4 aromatic rings. The lowest BCUT2D eigenvalue weighted by Gasteiger charge is -2.13. The van der Waals surface area contributed by atoms with Crippen LogP contribution in [-0.2, 0) is 11.4 Å². The van der Waals surface area contributed by atoms with E-state index in [0.29, 0.717) is 38.2 Å². The van der Waals surface area contributed by atoms with Crippen molar-refractivity contribution in [1.29, 1.82) is 0 Å². The SMILES string of the molecule is O=C1NC(=Nc2ccc(Cl)cc2)S/C1=C\c1c(OCc2ccccc2Cl)ccc2ccccc12. The first kappa shape index (κ1) is 22.5. The minimum atomic E-state index is -0.206. The molecular formula is C27H18Cl2N2O2S. The summed E-state index contributed by atoms with van der Waals surface area (Å²) in [6.07, 6.45) is 1.86. The average molecular weight is 505 g/mol. The lowest BCUT2D eigenvalue weighted by molar-refractivity contribution is -0.115. The molecule has 7 heteroatoms. The lowest BCUT2D eigenvalue weighted by atomic mass is 10.0. The second-order valence-electron chi connectivity index (χ2n) is 7.54. The van der Waals surface area contributed by atoms with Gasteiger partial charge in [0, 0.05) is 21.2 Å². The second-order valence-corrected chi connectivity index (χ2v) is 9.41. The summed E-state index contributed by atoms with van der Waals surface area (Å²) in [6.45, 7) is 0.316. The van der Waals surface area contributed by atoms with Crippen molar-refractivity contribution in [1.82, 2.24) is 5.32 Å². The van der Waals surface area contributed by atoms with Crippen LogP contribution >= 0.6 is 35.0 Å². The van der Waals surface area contributed by atoms with E-state index >= 15 is 0 Å². The van der Waals surface area contributed by atoms with Gasteiger partial charge in [0.15, 0.2) is 5.17 Å². The molecule has 1 aliphatic heterocycles. The first-order valence-corrected chi connectivity index (χ1v) is 12.1. The normalized spacial score (nSPS) is 15.8. The van der Waals surface area contributed by atoms with Crippen molar-refractivity contribution in [3.8, 4) is 5.75 Å². The Morgan fingerprint density at radius 2 is 1.68 bits per heavy atom. The highest BCUT2D eigenvalue weighted by atomic mass is 35.5. The van der Waals surface area contributed by atoms with Crippen LogP contribution in [0.25, 0.3) is 16.8 Å². The third kappa shape index (κ3) is 4.97. The molecule has 5 rings (SSSR count). The van der Waals surface area contributed by atoms with Crippen LogP contribution in [0.1, 0.15) is 11.1 Å². The third-order valence-electron chi connectivity index (χ3n) is 5.26. The van der Waals surface area contributed by atoms with Gasteiger partial charge in [-0.2, -0.15) is 0 Å². The average Bonchev–Trinajstić information content (AvgIpc) is 3.19. The van der Waals surface area contributed by atoms with Crippen LogP contribution in [0.5, 0.6) is 5.75 Å². The molecule has 1 N–H and O–H groups in total. The zero-order chi connectivity index (χ0) is 23.5. The Bertz CT molecular complexity index is 1450. The summed E-state index contributed by atoms with van der Waals surface area (Å²) < 4.78 is 6.18. The molecule has 0 saturated carbocycles. The number of halogens is 2. The third-order valence-corrected chi connectivity index (χ3v) is 6.79. The first-order chi connectivity index (χ1) is 16.6. The van der Waals surface area contributed by atoms with E-state index in [-0.39, 0.29) is 5.91 Å². The summed E-state index contributed by atoms with van der Waals surface area (Å²) >= 11 is 13.5. The number of hydrogen-bond donors (Lipinski definition) is 1. The molecule has 0 bridgehead atoms. The van der Waals surface area contributed by atoms with Crippen molar-refractivity contribution in [3.05, 3.63) is 111 Å². The minimum Gasteiger partial charge on any atom is -0.488 e. The summed E-state index contributed by atoms with van der Waals surface area (Å²) in [7, 11) is 0. The van der Waals surface area contributed by atoms with Crippen LogP contribution in [0.15, 0.2) is 94.8 Å². The van der Waals surface area contributed by atoms with Gasteiger partial charge in [0.05, 0.1) is 10.6 Å². The van der Waals surface area contributed by atoms with Crippen molar-refractivity contribution >= 4 is 68.6 Å². The second kappa shape index (κ2) is 9.94. The summed E-state index contributed by atoms with van der Waals surface area (Å²) in [5.41, 5.74) is 2.43. The zero-order valence-corrected chi connectivity index (χ0v) is 20.1. The van der Waals surface area contributed by atoms with Crippen LogP contribution in [0.2, 0.25) is 10.0 Å². The predicted octanol–water partition coefficient (Wildman–Crippen LogP) is 7.62. The standard InChI is InChI=1S/C27H18Cl2N2O2S/c28-19-10-12-20(13-11-19)30-27-31-26(32)25(34-27)15-22-21-7-3-1-5-17(21)9-14-24(22)33-16-18-6-2-4-8-23(18)29/h1-15H,16H2,(H,30,31,32)/b25-15-. The molecule has 1 heterocycles. The number of carbonyl (C=O) groups is 1. The highest BCUT2D eigenvalue weighted by Gasteiger charge is 2.25. The van der Waals surface area contributed by atoms with E-state index in [2.05, 4.69) is 10.3 Å². The summed E-state index contributed by atoms with van der Waals surface area (Å²) in [5, 5.41) is 6.67. The molecule has 1 aliphatic rings. The number of thioether (sulfide) groups is 1.